The highest BCUT2D eigenvalue weighted by Gasteiger charge is 2.06. The molecular formula is C12H15NO. The van der Waals surface area contributed by atoms with Crippen molar-refractivity contribution in [2.45, 2.75) is 20.8 Å². The number of hydrogen-bond donors (Lipinski definition) is 0. The van der Waals surface area contributed by atoms with Gasteiger partial charge in [-0.05, 0) is 31.9 Å². The number of benzene rings is 1. The van der Waals surface area contributed by atoms with E-state index in [2.05, 4.69) is 4.99 Å². The third-order valence-corrected chi connectivity index (χ3v) is 2.32. The Morgan fingerprint density at radius 3 is 2.71 bits per heavy atom. The number of carbonyl (C=O) groups excluding carboxylic acids is 1. The summed E-state index contributed by atoms with van der Waals surface area (Å²) in [4.78, 5) is 15.0. The van der Waals surface area contributed by atoms with Crippen molar-refractivity contribution in [3.8, 4) is 0 Å². The third-order valence-electron chi connectivity index (χ3n) is 2.32. The van der Waals surface area contributed by atoms with E-state index in [4.69, 9.17) is 0 Å². The molecule has 0 saturated heterocycles. The average molecular weight is 189 g/mol. The van der Waals surface area contributed by atoms with E-state index in [-0.39, 0.29) is 0 Å². The van der Waals surface area contributed by atoms with Gasteiger partial charge in [-0.3, -0.25) is 9.79 Å². The second-order valence-electron chi connectivity index (χ2n) is 3.22. The van der Waals surface area contributed by atoms with Gasteiger partial charge in [-0.15, -0.1) is 0 Å². The molecule has 14 heavy (non-hydrogen) atoms. The smallest absolute Gasteiger partial charge is 0.168 e. The molecule has 0 aliphatic heterocycles. The van der Waals surface area contributed by atoms with Gasteiger partial charge in [0.25, 0.3) is 0 Å². The Balaban J connectivity index is 3.24. The quantitative estimate of drug-likeness (QED) is 0.530. The van der Waals surface area contributed by atoms with E-state index < -0.39 is 0 Å². The van der Waals surface area contributed by atoms with Crippen LogP contribution in [-0.2, 0) is 4.79 Å². The first-order valence-corrected chi connectivity index (χ1v) is 4.77. The molecular weight excluding hydrogens is 174 g/mol. The van der Waals surface area contributed by atoms with Crippen molar-refractivity contribution in [3.05, 3.63) is 34.9 Å². The lowest BCUT2D eigenvalue weighted by Crippen LogP contribution is -2.06. The highest BCUT2D eigenvalue weighted by molar-refractivity contribution is 6.36. The lowest BCUT2D eigenvalue weighted by Gasteiger charge is -2.06. The van der Waals surface area contributed by atoms with Crippen LogP contribution in [0.4, 0.5) is 0 Å². The van der Waals surface area contributed by atoms with Crippen LogP contribution in [0, 0.1) is 13.8 Å². The van der Waals surface area contributed by atoms with Crippen LogP contribution >= 0.6 is 0 Å². The zero-order valence-corrected chi connectivity index (χ0v) is 8.87. The Morgan fingerprint density at radius 1 is 1.43 bits per heavy atom. The Bertz CT molecular complexity index is 367. The van der Waals surface area contributed by atoms with Gasteiger partial charge in [0.05, 0.1) is 0 Å². The standard InChI is InChI=1S/C12H15NO/c1-4-13-12(8-14)11-7-5-6-9(2)10(11)3/h5-8H,4H2,1-3H3/b13-12-. The van der Waals surface area contributed by atoms with Crippen molar-refractivity contribution in [2.24, 2.45) is 4.99 Å². The van der Waals surface area contributed by atoms with Gasteiger partial charge in [-0.1, -0.05) is 18.2 Å². The average Bonchev–Trinajstić information content (AvgIpc) is 2.19. The number of nitrogens with zero attached hydrogens (tertiary/aromatic N) is 1. The first kappa shape index (κ1) is 10.6. The zero-order chi connectivity index (χ0) is 10.6. The van der Waals surface area contributed by atoms with Gasteiger partial charge in [0.1, 0.15) is 5.71 Å². The van der Waals surface area contributed by atoms with Crippen LogP contribution in [0.5, 0.6) is 0 Å². The molecule has 0 amide bonds. The topological polar surface area (TPSA) is 29.4 Å². The monoisotopic (exact) mass is 189 g/mol. The van der Waals surface area contributed by atoms with Crippen molar-refractivity contribution in [1.82, 2.24) is 0 Å². The maximum Gasteiger partial charge on any atom is 0.168 e. The van der Waals surface area contributed by atoms with Crippen molar-refractivity contribution >= 4 is 12.0 Å². The van der Waals surface area contributed by atoms with Crippen LogP contribution in [0.25, 0.3) is 0 Å². The molecule has 74 valence electrons. The van der Waals surface area contributed by atoms with Gasteiger partial charge in [0.15, 0.2) is 6.29 Å². The highest BCUT2D eigenvalue weighted by Crippen LogP contribution is 2.13. The molecule has 0 heterocycles. The molecule has 0 aliphatic carbocycles. The molecule has 2 heteroatoms. The molecule has 2 nitrogen and oxygen atoms in total. The van der Waals surface area contributed by atoms with Crippen LogP contribution < -0.4 is 0 Å². The largest absolute Gasteiger partial charge is 0.296 e. The molecule has 0 unspecified atom stereocenters. The van der Waals surface area contributed by atoms with E-state index in [9.17, 15) is 4.79 Å². The maximum absolute atomic E-state index is 10.8. The normalized spacial score (nSPS) is 11.5. The van der Waals surface area contributed by atoms with Gasteiger partial charge in [-0.2, -0.15) is 0 Å². The Kier molecular flexibility index (Phi) is 3.57. The summed E-state index contributed by atoms with van der Waals surface area (Å²) in [6.45, 7) is 6.61. The van der Waals surface area contributed by atoms with E-state index in [0.717, 1.165) is 17.4 Å². The number of aryl methyl sites for hydroxylation is 1. The molecule has 0 bridgehead atoms. The summed E-state index contributed by atoms with van der Waals surface area (Å²) in [5.74, 6) is 0. The third kappa shape index (κ3) is 2.08. The molecule has 0 spiro atoms. The fraction of sp³-hybridized carbons (Fsp3) is 0.333. The number of aldehydes is 1. The molecule has 0 aromatic heterocycles. The summed E-state index contributed by atoms with van der Waals surface area (Å²) in [6.07, 6.45) is 0.825. The summed E-state index contributed by atoms with van der Waals surface area (Å²) in [6, 6.07) is 5.92. The van der Waals surface area contributed by atoms with E-state index in [1.54, 1.807) is 0 Å². The fourth-order valence-corrected chi connectivity index (χ4v) is 1.38. The van der Waals surface area contributed by atoms with E-state index >= 15 is 0 Å². The molecule has 1 aromatic rings. The van der Waals surface area contributed by atoms with Gasteiger partial charge >= 0.3 is 0 Å². The van der Waals surface area contributed by atoms with Gasteiger partial charge in [0.2, 0.25) is 0 Å². The summed E-state index contributed by atoms with van der Waals surface area (Å²) in [7, 11) is 0. The van der Waals surface area contributed by atoms with Crippen molar-refractivity contribution < 1.29 is 4.79 Å². The predicted octanol–water partition coefficient (Wildman–Crippen LogP) is 2.31. The summed E-state index contributed by atoms with van der Waals surface area (Å²) >= 11 is 0. The number of hydrogen-bond acceptors (Lipinski definition) is 2. The summed E-state index contributed by atoms with van der Waals surface area (Å²) in [5, 5.41) is 0. The SMILES string of the molecule is CC/N=C(/C=O)c1cccc(C)c1C. The minimum absolute atomic E-state index is 0.550. The van der Waals surface area contributed by atoms with Crippen LogP contribution in [-0.4, -0.2) is 18.5 Å². The Labute approximate surface area is 84.7 Å². The molecule has 0 radical (unpaired) electrons. The van der Waals surface area contributed by atoms with Crippen LogP contribution in [0.1, 0.15) is 23.6 Å². The first-order valence-electron chi connectivity index (χ1n) is 4.77. The van der Waals surface area contributed by atoms with Crippen molar-refractivity contribution in [1.29, 1.82) is 0 Å². The Morgan fingerprint density at radius 2 is 2.14 bits per heavy atom. The minimum atomic E-state index is 0.550. The molecule has 0 fully saturated rings. The van der Waals surface area contributed by atoms with Gasteiger partial charge in [-0.25, -0.2) is 0 Å². The second kappa shape index (κ2) is 4.70. The summed E-state index contributed by atoms with van der Waals surface area (Å²) < 4.78 is 0. The van der Waals surface area contributed by atoms with Gasteiger partial charge < -0.3 is 0 Å². The minimum Gasteiger partial charge on any atom is -0.296 e. The van der Waals surface area contributed by atoms with E-state index in [1.807, 2.05) is 39.0 Å². The first-order chi connectivity index (χ1) is 6.70. The fourth-order valence-electron chi connectivity index (χ4n) is 1.38. The molecule has 0 N–H and O–H groups in total. The Hall–Kier alpha value is -1.44. The molecule has 1 rings (SSSR count). The van der Waals surface area contributed by atoms with Crippen molar-refractivity contribution in [3.63, 3.8) is 0 Å². The van der Waals surface area contributed by atoms with Crippen LogP contribution in [0.2, 0.25) is 0 Å². The maximum atomic E-state index is 10.8. The lowest BCUT2D eigenvalue weighted by molar-refractivity contribution is -0.102. The predicted molar refractivity (Wildman–Crippen MR) is 59.1 cm³/mol. The van der Waals surface area contributed by atoms with E-state index in [0.29, 0.717) is 12.3 Å². The lowest BCUT2D eigenvalue weighted by atomic mass is 10.0. The zero-order valence-electron chi connectivity index (χ0n) is 8.87. The molecule has 1 aromatic carbocycles. The summed E-state index contributed by atoms with van der Waals surface area (Å²) in [5.41, 5.74) is 3.82. The number of aliphatic imine (C=N–C) groups is 1. The number of rotatable bonds is 3. The second-order valence-corrected chi connectivity index (χ2v) is 3.22. The van der Waals surface area contributed by atoms with Crippen molar-refractivity contribution in [2.75, 3.05) is 6.54 Å². The van der Waals surface area contributed by atoms with Gasteiger partial charge in [0, 0.05) is 12.1 Å². The van der Waals surface area contributed by atoms with E-state index in [1.165, 1.54) is 5.56 Å². The van der Waals surface area contributed by atoms with Crippen LogP contribution in [0.3, 0.4) is 0 Å². The van der Waals surface area contributed by atoms with Crippen LogP contribution in [0.15, 0.2) is 23.2 Å². The molecule has 0 atom stereocenters. The molecule has 0 aliphatic rings. The number of carbonyl (C=O) groups is 1. The molecule has 0 saturated carbocycles. The highest BCUT2D eigenvalue weighted by atomic mass is 16.1.